The SMILES string of the molecule is CCNS(=O)(=O)c1c(Cl)sc(Cl)c1Br. The lowest BCUT2D eigenvalue weighted by Crippen LogP contribution is -2.23. The van der Waals surface area contributed by atoms with Gasteiger partial charge in [0.2, 0.25) is 10.0 Å². The van der Waals surface area contributed by atoms with Crippen LogP contribution >= 0.6 is 50.5 Å². The Bertz CT molecular complexity index is 443. The maximum Gasteiger partial charge on any atom is 0.244 e. The standard InChI is InChI=1S/C6H6BrCl2NO2S2/c1-2-10-14(11,12)4-3(7)5(8)13-6(4)9/h10H,2H2,1H3. The Morgan fingerprint density at radius 1 is 1.43 bits per heavy atom. The van der Waals surface area contributed by atoms with Crippen molar-refractivity contribution in [1.82, 2.24) is 4.72 Å². The van der Waals surface area contributed by atoms with E-state index in [1.165, 1.54) is 0 Å². The third-order valence-electron chi connectivity index (χ3n) is 1.33. The van der Waals surface area contributed by atoms with Gasteiger partial charge in [0.15, 0.2) is 0 Å². The molecule has 14 heavy (non-hydrogen) atoms. The van der Waals surface area contributed by atoms with Gasteiger partial charge in [-0.1, -0.05) is 30.1 Å². The van der Waals surface area contributed by atoms with Gasteiger partial charge >= 0.3 is 0 Å². The van der Waals surface area contributed by atoms with Crippen molar-refractivity contribution in [3.05, 3.63) is 13.1 Å². The molecule has 0 aliphatic heterocycles. The smallest absolute Gasteiger partial charge is 0.211 e. The van der Waals surface area contributed by atoms with Crippen molar-refractivity contribution < 1.29 is 8.42 Å². The summed E-state index contributed by atoms with van der Waals surface area (Å²) in [5, 5.41) is 0. The molecule has 8 heteroatoms. The van der Waals surface area contributed by atoms with Crippen LogP contribution in [0.4, 0.5) is 0 Å². The van der Waals surface area contributed by atoms with E-state index < -0.39 is 10.0 Å². The third-order valence-corrected chi connectivity index (χ3v) is 6.34. The van der Waals surface area contributed by atoms with Gasteiger partial charge in [-0.05, 0) is 15.9 Å². The second kappa shape index (κ2) is 4.67. The summed E-state index contributed by atoms with van der Waals surface area (Å²) < 4.78 is 26.4. The van der Waals surface area contributed by atoms with Gasteiger partial charge in [0.25, 0.3) is 0 Å². The first-order valence-electron chi connectivity index (χ1n) is 3.53. The predicted molar refractivity (Wildman–Crippen MR) is 62.9 cm³/mol. The molecule has 0 aliphatic carbocycles. The number of sulfonamides is 1. The number of thiophene rings is 1. The molecule has 0 saturated carbocycles. The monoisotopic (exact) mass is 337 g/mol. The first-order chi connectivity index (χ1) is 6.40. The molecule has 1 aromatic heterocycles. The van der Waals surface area contributed by atoms with E-state index >= 15 is 0 Å². The van der Waals surface area contributed by atoms with Crippen molar-refractivity contribution in [2.24, 2.45) is 0 Å². The van der Waals surface area contributed by atoms with Crippen LogP contribution in [0.3, 0.4) is 0 Å². The molecule has 3 nitrogen and oxygen atoms in total. The highest BCUT2D eigenvalue weighted by Gasteiger charge is 2.25. The van der Waals surface area contributed by atoms with Gasteiger partial charge < -0.3 is 0 Å². The summed E-state index contributed by atoms with van der Waals surface area (Å²) in [5.74, 6) is 0. The van der Waals surface area contributed by atoms with Crippen molar-refractivity contribution in [3.8, 4) is 0 Å². The van der Waals surface area contributed by atoms with Crippen LogP contribution in [0.2, 0.25) is 8.67 Å². The summed E-state index contributed by atoms with van der Waals surface area (Å²) in [6.07, 6.45) is 0. The minimum absolute atomic E-state index is 0.0102. The van der Waals surface area contributed by atoms with Crippen molar-refractivity contribution in [2.45, 2.75) is 11.8 Å². The minimum Gasteiger partial charge on any atom is -0.211 e. The lowest BCUT2D eigenvalue weighted by molar-refractivity contribution is 0.584. The van der Waals surface area contributed by atoms with E-state index in [2.05, 4.69) is 20.7 Å². The first-order valence-corrected chi connectivity index (χ1v) is 7.38. The highest BCUT2D eigenvalue weighted by atomic mass is 79.9. The molecule has 0 spiro atoms. The highest BCUT2D eigenvalue weighted by molar-refractivity contribution is 9.10. The molecule has 1 N–H and O–H groups in total. The fourth-order valence-electron chi connectivity index (χ4n) is 0.831. The Morgan fingerprint density at radius 3 is 2.36 bits per heavy atom. The molecule has 0 radical (unpaired) electrons. The number of halogens is 3. The normalized spacial score (nSPS) is 12.0. The summed E-state index contributed by atoms with van der Waals surface area (Å²) in [5.41, 5.74) is 0. The van der Waals surface area contributed by atoms with Crippen molar-refractivity contribution in [2.75, 3.05) is 6.54 Å². The molecule has 0 bridgehead atoms. The van der Waals surface area contributed by atoms with Gasteiger partial charge in [-0.15, -0.1) is 11.3 Å². The summed E-state index contributed by atoms with van der Waals surface area (Å²) in [6.45, 7) is 1.99. The average Bonchev–Trinajstić information content (AvgIpc) is 2.26. The summed E-state index contributed by atoms with van der Waals surface area (Å²) >= 11 is 15.6. The number of nitrogens with one attached hydrogen (secondary N) is 1. The van der Waals surface area contributed by atoms with Crippen LogP contribution in [-0.4, -0.2) is 15.0 Å². The zero-order valence-electron chi connectivity index (χ0n) is 6.97. The van der Waals surface area contributed by atoms with E-state index in [4.69, 9.17) is 23.2 Å². The first kappa shape index (κ1) is 12.7. The molecule has 0 fully saturated rings. The molecular formula is C6H6BrCl2NO2S2. The molecule has 0 saturated heterocycles. The maximum atomic E-state index is 11.6. The topological polar surface area (TPSA) is 46.2 Å². The van der Waals surface area contributed by atoms with Crippen LogP contribution in [-0.2, 0) is 10.0 Å². The van der Waals surface area contributed by atoms with Crippen molar-refractivity contribution in [1.29, 1.82) is 0 Å². The van der Waals surface area contributed by atoms with Crippen LogP contribution in [0.5, 0.6) is 0 Å². The Morgan fingerprint density at radius 2 is 2.00 bits per heavy atom. The Balaban J connectivity index is 3.32. The van der Waals surface area contributed by atoms with Gasteiger partial charge in [0.05, 0.1) is 4.47 Å². The van der Waals surface area contributed by atoms with Crippen LogP contribution in [0.15, 0.2) is 9.37 Å². The molecular weight excluding hydrogens is 333 g/mol. The largest absolute Gasteiger partial charge is 0.244 e. The molecule has 0 amide bonds. The molecule has 0 unspecified atom stereocenters. The maximum absolute atomic E-state index is 11.6. The molecule has 0 aliphatic rings. The molecule has 1 aromatic rings. The van der Waals surface area contributed by atoms with Gasteiger partial charge in [-0.2, -0.15) is 0 Å². The summed E-state index contributed by atoms with van der Waals surface area (Å²) in [4.78, 5) is 0.0102. The van der Waals surface area contributed by atoms with Crippen LogP contribution in [0.1, 0.15) is 6.92 Å². The third kappa shape index (κ3) is 2.43. The Labute approximate surface area is 105 Å². The second-order valence-electron chi connectivity index (χ2n) is 2.29. The zero-order chi connectivity index (χ0) is 10.9. The molecule has 0 atom stereocenters. The van der Waals surface area contributed by atoms with E-state index in [-0.39, 0.29) is 9.23 Å². The zero-order valence-corrected chi connectivity index (χ0v) is 11.7. The molecule has 80 valence electrons. The predicted octanol–water partition coefficient (Wildman–Crippen LogP) is 3.12. The van der Waals surface area contributed by atoms with Crippen molar-refractivity contribution in [3.63, 3.8) is 0 Å². The summed E-state index contributed by atoms with van der Waals surface area (Å²) in [7, 11) is -3.55. The van der Waals surface area contributed by atoms with E-state index in [1.807, 2.05) is 0 Å². The fraction of sp³-hybridized carbons (Fsp3) is 0.333. The molecule has 1 rings (SSSR count). The Kier molecular flexibility index (Phi) is 4.25. The van der Waals surface area contributed by atoms with E-state index in [0.717, 1.165) is 11.3 Å². The fourth-order valence-corrected chi connectivity index (χ4v) is 5.42. The number of hydrogen-bond donors (Lipinski definition) is 1. The minimum atomic E-state index is -3.55. The van der Waals surface area contributed by atoms with Crippen LogP contribution < -0.4 is 4.72 Å². The van der Waals surface area contributed by atoms with E-state index in [0.29, 0.717) is 15.4 Å². The molecule has 1 heterocycles. The van der Waals surface area contributed by atoms with Gasteiger partial charge in [0.1, 0.15) is 13.6 Å². The molecule has 0 aromatic carbocycles. The van der Waals surface area contributed by atoms with E-state index in [1.54, 1.807) is 6.92 Å². The second-order valence-corrected chi connectivity index (χ2v) is 7.02. The summed E-state index contributed by atoms with van der Waals surface area (Å²) in [6, 6.07) is 0. The van der Waals surface area contributed by atoms with Gasteiger partial charge in [-0.3, -0.25) is 0 Å². The van der Waals surface area contributed by atoms with Crippen molar-refractivity contribution >= 4 is 60.5 Å². The Hall–Kier alpha value is 0.670. The highest BCUT2D eigenvalue weighted by Crippen LogP contribution is 2.42. The van der Waals surface area contributed by atoms with E-state index in [9.17, 15) is 8.42 Å². The lowest BCUT2D eigenvalue weighted by atomic mass is 10.7. The quantitative estimate of drug-likeness (QED) is 0.920. The lowest BCUT2D eigenvalue weighted by Gasteiger charge is -2.03. The average molecular weight is 339 g/mol. The van der Waals surface area contributed by atoms with Crippen LogP contribution in [0.25, 0.3) is 0 Å². The number of hydrogen-bond acceptors (Lipinski definition) is 3. The number of rotatable bonds is 3. The van der Waals surface area contributed by atoms with Gasteiger partial charge in [-0.25, -0.2) is 13.1 Å². The van der Waals surface area contributed by atoms with Crippen LogP contribution in [0, 0.1) is 0 Å². The van der Waals surface area contributed by atoms with Gasteiger partial charge in [0, 0.05) is 6.54 Å².